The number of hydrogen-bond acceptors (Lipinski definition) is 8. The first-order valence-electron chi connectivity index (χ1n) is 14.8. The number of nitrogens with one attached hydrogen (secondary N) is 1. The summed E-state index contributed by atoms with van der Waals surface area (Å²) in [6, 6.07) is 10.2. The molecule has 0 aliphatic carbocycles. The Bertz CT molecular complexity index is 1780. The molecule has 7 rings (SSSR count). The maximum absolute atomic E-state index is 13.0. The van der Waals surface area contributed by atoms with Gasteiger partial charge in [-0.25, -0.2) is 14.8 Å². The number of anilines is 1. The van der Waals surface area contributed by atoms with Crippen LogP contribution in [0, 0.1) is 29.6 Å². The van der Waals surface area contributed by atoms with E-state index in [-0.39, 0.29) is 16.2 Å². The second-order valence-electron chi connectivity index (χ2n) is 12.4. The Kier molecular flexibility index (Phi) is 7.16. The molecule has 3 aliphatic rings. The summed E-state index contributed by atoms with van der Waals surface area (Å²) in [6.07, 6.45) is -2.09. The molecule has 3 aromatic heterocycles. The van der Waals surface area contributed by atoms with Crippen LogP contribution in [-0.2, 0) is 24.2 Å². The van der Waals surface area contributed by atoms with Crippen molar-refractivity contribution in [3.8, 4) is 6.07 Å². The number of carbonyl (C=O) groups excluding carboxylic acids is 1. The van der Waals surface area contributed by atoms with E-state index in [1.165, 1.54) is 11.9 Å². The van der Waals surface area contributed by atoms with E-state index in [1.54, 1.807) is 6.07 Å². The Morgan fingerprint density at radius 1 is 1.18 bits per heavy atom. The molecule has 0 radical (unpaired) electrons. The van der Waals surface area contributed by atoms with E-state index in [0.29, 0.717) is 35.6 Å². The third kappa shape index (κ3) is 5.45. The lowest BCUT2D eigenvalue weighted by Crippen LogP contribution is -2.40. The lowest BCUT2D eigenvalue weighted by atomic mass is 9.86. The molecule has 3 aliphatic heterocycles. The molecular weight excluding hydrogens is 591 g/mol. The number of cyclic esters (lactones) is 1. The van der Waals surface area contributed by atoms with Gasteiger partial charge in [0.15, 0.2) is 0 Å². The van der Waals surface area contributed by atoms with Crippen LogP contribution in [0.3, 0.4) is 0 Å². The second-order valence-corrected chi connectivity index (χ2v) is 13.5. The highest BCUT2D eigenvalue weighted by Crippen LogP contribution is 2.43. The number of hydrogen-bond donors (Lipinski definition) is 1. The number of aryl methyl sites for hydroxylation is 1. The molecule has 9 nitrogen and oxygen atoms in total. The first kappa shape index (κ1) is 28.9. The number of nitrogens with zero attached hydrogens (tertiary/aromatic N) is 6. The standard InChI is InChI=1S/C31H32F3N7O2S/c1-19-21(2-3-26-24(19)8-22(11-35)41(26)13-20-12-36-29(42)43-15-20)14-39-6-4-30(16-39)5-7-40(17-30)27-25-9-23(10-31(32,33)34)44-28(25)38-18-37-27/h2-3,8-9,18,20H,4-7,10,12-17H2,1H3,(H,36,42)/t20-,30?/m0/s1. The predicted molar refractivity (Wildman–Crippen MR) is 161 cm³/mol. The first-order chi connectivity index (χ1) is 21.1. The van der Waals surface area contributed by atoms with Gasteiger partial charge in [0.05, 0.1) is 18.4 Å². The van der Waals surface area contributed by atoms with Crippen LogP contribution in [0.1, 0.15) is 34.5 Å². The Morgan fingerprint density at radius 3 is 2.80 bits per heavy atom. The number of ether oxygens (including phenoxy) is 1. The van der Waals surface area contributed by atoms with E-state index < -0.39 is 18.7 Å². The zero-order chi connectivity index (χ0) is 30.6. The zero-order valence-corrected chi connectivity index (χ0v) is 25.1. The number of alkyl carbamates (subject to hydrolysis) is 1. The largest absolute Gasteiger partial charge is 0.449 e. The number of likely N-dealkylation sites (tertiary alicyclic amines) is 1. The van der Waals surface area contributed by atoms with Crippen LogP contribution in [0.25, 0.3) is 21.1 Å². The quantitative estimate of drug-likeness (QED) is 0.308. The van der Waals surface area contributed by atoms with Crippen molar-refractivity contribution in [2.75, 3.05) is 44.2 Å². The van der Waals surface area contributed by atoms with Gasteiger partial charge in [0, 0.05) is 66.4 Å². The van der Waals surface area contributed by atoms with Gasteiger partial charge < -0.3 is 19.5 Å². The molecule has 44 heavy (non-hydrogen) atoms. The Morgan fingerprint density at radius 2 is 2.02 bits per heavy atom. The Balaban J connectivity index is 1.05. The summed E-state index contributed by atoms with van der Waals surface area (Å²) in [4.78, 5) is 25.7. The van der Waals surface area contributed by atoms with E-state index in [2.05, 4.69) is 50.2 Å². The van der Waals surface area contributed by atoms with Crippen molar-refractivity contribution in [1.82, 2.24) is 24.8 Å². The van der Waals surface area contributed by atoms with Crippen LogP contribution in [0.2, 0.25) is 0 Å². The second kappa shape index (κ2) is 10.9. The molecule has 6 heterocycles. The summed E-state index contributed by atoms with van der Waals surface area (Å²) < 4.78 is 46.3. The molecule has 4 aromatic rings. The minimum atomic E-state index is -4.25. The molecule has 1 spiro atoms. The lowest BCUT2D eigenvalue weighted by Gasteiger charge is -2.26. The van der Waals surface area contributed by atoms with Crippen molar-refractivity contribution in [1.29, 1.82) is 5.26 Å². The zero-order valence-electron chi connectivity index (χ0n) is 24.3. The number of thiophene rings is 1. The van der Waals surface area contributed by atoms with Gasteiger partial charge in [-0.3, -0.25) is 4.90 Å². The summed E-state index contributed by atoms with van der Waals surface area (Å²) in [7, 11) is 0. The van der Waals surface area contributed by atoms with Crippen molar-refractivity contribution in [2.45, 2.75) is 45.5 Å². The highest BCUT2D eigenvalue weighted by Gasteiger charge is 2.44. The summed E-state index contributed by atoms with van der Waals surface area (Å²) in [5.74, 6) is 0.818. The molecule has 2 atom stereocenters. The van der Waals surface area contributed by atoms with Gasteiger partial charge in [-0.1, -0.05) is 6.07 Å². The number of amides is 1. The van der Waals surface area contributed by atoms with E-state index in [0.717, 1.165) is 79.2 Å². The average molecular weight is 624 g/mol. The third-order valence-electron chi connectivity index (χ3n) is 9.39. The number of benzene rings is 1. The molecule has 0 saturated carbocycles. The minimum Gasteiger partial charge on any atom is -0.449 e. The van der Waals surface area contributed by atoms with Gasteiger partial charge in [-0.05, 0) is 55.6 Å². The van der Waals surface area contributed by atoms with Crippen molar-refractivity contribution >= 4 is 44.4 Å². The van der Waals surface area contributed by atoms with Gasteiger partial charge >= 0.3 is 12.3 Å². The van der Waals surface area contributed by atoms with Crippen LogP contribution in [0.5, 0.6) is 0 Å². The fourth-order valence-corrected chi connectivity index (χ4v) is 8.19. The highest BCUT2D eigenvalue weighted by molar-refractivity contribution is 7.18. The first-order valence-corrected chi connectivity index (χ1v) is 15.6. The number of carbonyl (C=O) groups is 1. The molecular formula is C31H32F3N7O2S. The van der Waals surface area contributed by atoms with Crippen molar-refractivity contribution in [2.24, 2.45) is 11.3 Å². The molecule has 1 N–H and O–H groups in total. The number of halogens is 3. The van der Waals surface area contributed by atoms with Crippen molar-refractivity contribution in [3.63, 3.8) is 0 Å². The SMILES string of the molecule is Cc1c(CN2CCC3(CCN(c4ncnc5sc(CC(F)(F)F)cc45)C3)C2)ccc2c1cc(C#N)n2C[C@@H]1CNC(=O)OC1. The Hall–Kier alpha value is -3.89. The fraction of sp³-hybridized carbons (Fsp3) is 0.484. The van der Waals surface area contributed by atoms with Crippen LogP contribution in [0.15, 0.2) is 30.6 Å². The van der Waals surface area contributed by atoms with Gasteiger partial charge in [-0.15, -0.1) is 11.3 Å². The molecule has 3 saturated heterocycles. The number of fused-ring (bicyclic) bond motifs is 2. The topological polar surface area (TPSA) is 99.3 Å². The summed E-state index contributed by atoms with van der Waals surface area (Å²) in [5.41, 5.74) is 4.10. The molecule has 0 bridgehead atoms. The number of rotatable bonds is 6. The number of aromatic nitrogens is 3. The summed E-state index contributed by atoms with van der Waals surface area (Å²) >= 11 is 1.09. The average Bonchev–Trinajstić information content (AvgIpc) is 3.76. The maximum atomic E-state index is 13.0. The summed E-state index contributed by atoms with van der Waals surface area (Å²) in [6.45, 7) is 7.90. The monoisotopic (exact) mass is 623 g/mol. The molecule has 1 aromatic carbocycles. The van der Waals surface area contributed by atoms with Crippen molar-refractivity contribution < 1.29 is 22.7 Å². The summed E-state index contributed by atoms with van der Waals surface area (Å²) in [5, 5.41) is 14.4. The van der Waals surface area contributed by atoms with Gasteiger partial charge in [-0.2, -0.15) is 18.4 Å². The minimum absolute atomic E-state index is 0.0854. The smallest absolute Gasteiger partial charge is 0.407 e. The normalized spacial score (nSPS) is 22.7. The van der Waals surface area contributed by atoms with Crippen LogP contribution >= 0.6 is 11.3 Å². The number of alkyl halides is 3. The van der Waals surface area contributed by atoms with Gasteiger partial charge in [0.1, 0.15) is 28.7 Å². The van der Waals surface area contributed by atoms with E-state index in [9.17, 15) is 23.2 Å². The molecule has 230 valence electrons. The van der Waals surface area contributed by atoms with Gasteiger partial charge in [0.2, 0.25) is 0 Å². The van der Waals surface area contributed by atoms with Gasteiger partial charge in [0.25, 0.3) is 0 Å². The number of nitriles is 1. The Labute approximate surface area is 256 Å². The molecule has 1 unspecified atom stereocenters. The molecule has 1 amide bonds. The van der Waals surface area contributed by atoms with E-state index >= 15 is 0 Å². The highest BCUT2D eigenvalue weighted by atomic mass is 32.1. The fourth-order valence-electron chi connectivity index (χ4n) is 7.17. The maximum Gasteiger partial charge on any atom is 0.407 e. The van der Waals surface area contributed by atoms with Crippen LogP contribution in [0.4, 0.5) is 23.8 Å². The molecule has 3 fully saturated rings. The van der Waals surface area contributed by atoms with E-state index in [1.807, 2.05) is 10.6 Å². The lowest BCUT2D eigenvalue weighted by molar-refractivity contribution is -0.126. The molecule has 13 heteroatoms. The van der Waals surface area contributed by atoms with E-state index in [4.69, 9.17) is 4.74 Å². The van der Waals surface area contributed by atoms with Crippen molar-refractivity contribution in [3.05, 3.63) is 52.3 Å². The predicted octanol–water partition coefficient (Wildman–Crippen LogP) is 5.39. The third-order valence-corrected chi connectivity index (χ3v) is 10.4. The van der Waals surface area contributed by atoms with Crippen LogP contribution < -0.4 is 10.2 Å². The van der Waals surface area contributed by atoms with Crippen LogP contribution in [-0.4, -0.2) is 71.0 Å².